The van der Waals surface area contributed by atoms with Crippen molar-refractivity contribution in [1.29, 1.82) is 0 Å². The largest absolute Gasteiger partial charge is 0.462 e. The molecule has 1 unspecified atom stereocenters. The van der Waals surface area contributed by atoms with E-state index in [4.69, 9.17) is 14.2 Å². The predicted octanol–water partition coefficient (Wildman–Crippen LogP) is 6.67. The molecule has 1 atom stereocenters. The van der Waals surface area contributed by atoms with Crippen molar-refractivity contribution in [3.05, 3.63) is 42.5 Å². The van der Waals surface area contributed by atoms with Crippen molar-refractivity contribution in [2.45, 2.75) is 73.6 Å². The molecular formula is C30H43NO6. The van der Waals surface area contributed by atoms with Crippen LogP contribution in [0.25, 0.3) is 10.8 Å². The topological polar surface area (TPSA) is 90.9 Å². The molecule has 0 spiro atoms. The summed E-state index contributed by atoms with van der Waals surface area (Å²) in [6.45, 7) is 12.4. The number of carbonyl (C=O) groups is 3. The van der Waals surface area contributed by atoms with Crippen LogP contribution in [0.4, 0.5) is 4.79 Å². The zero-order valence-corrected chi connectivity index (χ0v) is 23.2. The van der Waals surface area contributed by atoms with Gasteiger partial charge in [-0.15, -0.1) is 0 Å². The number of esters is 2. The van der Waals surface area contributed by atoms with Crippen LogP contribution in [-0.2, 0) is 19.1 Å². The second kappa shape index (κ2) is 14.0. The lowest BCUT2D eigenvalue weighted by molar-refractivity contribution is -0.155. The van der Waals surface area contributed by atoms with Gasteiger partial charge < -0.3 is 19.5 Å². The Morgan fingerprint density at radius 3 is 2.32 bits per heavy atom. The zero-order valence-electron chi connectivity index (χ0n) is 23.2. The number of fused-ring (bicyclic) bond motifs is 1. The molecule has 0 saturated heterocycles. The van der Waals surface area contributed by atoms with Crippen molar-refractivity contribution < 1.29 is 28.6 Å². The van der Waals surface area contributed by atoms with E-state index in [1.807, 2.05) is 63.2 Å². The molecule has 1 amide bonds. The third-order valence-corrected chi connectivity index (χ3v) is 6.63. The standard InChI is InChI=1S/C30H43NO6/c1-7-30(5,6)27(33)35-17-18-36-28(34)31-21-29(3,4)20-22(2)11-10-14-26(32)37-25-16-15-23-12-8-9-13-24(23)19-25/h8-9,12-13,15-16,19,22H,7,10-11,14,17-18,20-21H2,1-6H3,(H,31,34). The minimum absolute atomic E-state index is 0.0174. The van der Waals surface area contributed by atoms with Gasteiger partial charge >= 0.3 is 18.0 Å². The molecule has 0 aliphatic carbocycles. The summed E-state index contributed by atoms with van der Waals surface area (Å²) >= 11 is 0. The van der Waals surface area contributed by atoms with E-state index in [9.17, 15) is 14.4 Å². The number of rotatable bonds is 14. The van der Waals surface area contributed by atoms with E-state index >= 15 is 0 Å². The van der Waals surface area contributed by atoms with Crippen LogP contribution >= 0.6 is 0 Å². The first-order valence-electron chi connectivity index (χ1n) is 13.2. The summed E-state index contributed by atoms with van der Waals surface area (Å²) in [7, 11) is 0. The molecule has 2 aromatic carbocycles. The minimum atomic E-state index is -0.541. The first-order chi connectivity index (χ1) is 17.4. The molecule has 1 N–H and O–H groups in total. The Morgan fingerprint density at radius 1 is 0.946 bits per heavy atom. The number of amides is 1. The fraction of sp³-hybridized carbons (Fsp3) is 0.567. The van der Waals surface area contributed by atoms with Gasteiger partial charge in [0.15, 0.2) is 0 Å². The number of ether oxygens (including phenoxy) is 3. The fourth-order valence-corrected chi connectivity index (χ4v) is 4.10. The van der Waals surface area contributed by atoms with Gasteiger partial charge in [0.25, 0.3) is 0 Å². The van der Waals surface area contributed by atoms with Crippen LogP contribution in [0.15, 0.2) is 42.5 Å². The SMILES string of the molecule is CCC(C)(C)C(=O)OCCOC(=O)NCC(C)(C)CC(C)CCCC(=O)Oc1ccc2ccccc2c1. The molecule has 37 heavy (non-hydrogen) atoms. The third-order valence-electron chi connectivity index (χ3n) is 6.63. The molecule has 2 rings (SSSR count). The van der Waals surface area contributed by atoms with E-state index in [0.29, 0.717) is 31.1 Å². The first kappa shape index (κ1) is 30.1. The van der Waals surface area contributed by atoms with Crippen molar-refractivity contribution >= 4 is 28.8 Å². The molecule has 0 fully saturated rings. The Kier molecular flexibility index (Phi) is 11.4. The Bertz CT molecular complexity index is 1050. The molecule has 0 aromatic heterocycles. The number of benzene rings is 2. The van der Waals surface area contributed by atoms with Crippen molar-refractivity contribution in [3.8, 4) is 5.75 Å². The summed E-state index contributed by atoms with van der Waals surface area (Å²) in [6, 6.07) is 13.6. The van der Waals surface area contributed by atoms with Gasteiger partial charge in [0.1, 0.15) is 19.0 Å². The summed E-state index contributed by atoms with van der Waals surface area (Å²) in [6.07, 6.45) is 3.03. The van der Waals surface area contributed by atoms with Gasteiger partial charge in [-0.1, -0.05) is 64.4 Å². The van der Waals surface area contributed by atoms with Gasteiger partial charge in [-0.25, -0.2) is 4.79 Å². The maximum atomic E-state index is 12.3. The highest BCUT2D eigenvalue weighted by atomic mass is 16.6. The lowest BCUT2D eigenvalue weighted by Gasteiger charge is -2.28. The lowest BCUT2D eigenvalue weighted by Crippen LogP contribution is -2.36. The van der Waals surface area contributed by atoms with Crippen LogP contribution in [0.5, 0.6) is 5.75 Å². The van der Waals surface area contributed by atoms with Gasteiger partial charge in [0.05, 0.1) is 5.41 Å². The van der Waals surface area contributed by atoms with Gasteiger partial charge in [-0.05, 0) is 67.3 Å². The first-order valence-corrected chi connectivity index (χ1v) is 13.2. The smallest absolute Gasteiger partial charge is 0.407 e. The van der Waals surface area contributed by atoms with Crippen LogP contribution in [0.2, 0.25) is 0 Å². The maximum absolute atomic E-state index is 12.3. The summed E-state index contributed by atoms with van der Waals surface area (Å²) in [5, 5.41) is 4.95. The van der Waals surface area contributed by atoms with Gasteiger partial charge in [-0.3, -0.25) is 9.59 Å². The van der Waals surface area contributed by atoms with Crippen LogP contribution in [-0.4, -0.2) is 37.8 Å². The Balaban J connectivity index is 1.62. The number of alkyl carbamates (subject to hydrolysis) is 1. The van der Waals surface area contributed by atoms with Gasteiger partial charge in [0, 0.05) is 13.0 Å². The van der Waals surface area contributed by atoms with E-state index in [0.717, 1.165) is 30.0 Å². The maximum Gasteiger partial charge on any atom is 0.407 e. The zero-order chi connectivity index (χ0) is 27.5. The number of hydrogen-bond donors (Lipinski definition) is 1. The highest BCUT2D eigenvalue weighted by molar-refractivity contribution is 5.84. The number of hydrogen-bond acceptors (Lipinski definition) is 6. The van der Waals surface area contributed by atoms with Crippen LogP contribution in [0, 0.1) is 16.7 Å². The molecule has 0 heterocycles. The highest BCUT2D eigenvalue weighted by Gasteiger charge is 2.27. The molecule has 0 saturated carbocycles. The quantitative estimate of drug-likeness (QED) is 0.172. The summed E-state index contributed by atoms with van der Waals surface area (Å²) < 4.78 is 15.8. The molecule has 7 nitrogen and oxygen atoms in total. The normalized spacial score (nSPS) is 12.6. The monoisotopic (exact) mass is 513 g/mol. The van der Waals surface area contributed by atoms with E-state index in [-0.39, 0.29) is 30.6 Å². The Hall–Kier alpha value is -3.09. The number of nitrogens with one attached hydrogen (secondary N) is 1. The Morgan fingerprint density at radius 2 is 1.62 bits per heavy atom. The fourth-order valence-electron chi connectivity index (χ4n) is 4.10. The van der Waals surface area contributed by atoms with E-state index < -0.39 is 11.5 Å². The molecule has 0 bridgehead atoms. The summed E-state index contributed by atoms with van der Waals surface area (Å²) in [5.74, 6) is 0.424. The van der Waals surface area contributed by atoms with Crippen molar-refractivity contribution in [2.24, 2.45) is 16.7 Å². The van der Waals surface area contributed by atoms with Crippen molar-refractivity contribution in [2.75, 3.05) is 19.8 Å². The molecular weight excluding hydrogens is 470 g/mol. The predicted molar refractivity (Wildman–Crippen MR) is 145 cm³/mol. The van der Waals surface area contributed by atoms with Crippen LogP contribution < -0.4 is 10.1 Å². The van der Waals surface area contributed by atoms with E-state index in [1.165, 1.54) is 0 Å². The summed E-state index contributed by atoms with van der Waals surface area (Å²) in [4.78, 5) is 36.2. The highest BCUT2D eigenvalue weighted by Crippen LogP contribution is 2.28. The van der Waals surface area contributed by atoms with Crippen molar-refractivity contribution in [1.82, 2.24) is 5.32 Å². The molecule has 0 aliphatic rings. The van der Waals surface area contributed by atoms with Crippen LogP contribution in [0.1, 0.15) is 73.6 Å². The van der Waals surface area contributed by atoms with Crippen LogP contribution in [0.3, 0.4) is 0 Å². The number of carbonyl (C=O) groups excluding carboxylic acids is 3. The average Bonchev–Trinajstić information content (AvgIpc) is 2.84. The van der Waals surface area contributed by atoms with E-state index in [2.05, 4.69) is 26.1 Å². The second-order valence-electron chi connectivity index (χ2n) is 11.2. The average molecular weight is 514 g/mol. The van der Waals surface area contributed by atoms with E-state index in [1.54, 1.807) is 0 Å². The Labute approximate surface area is 221 Å². The van der Waals surface area contributed by atoms with Gasteiger partial charge in [-0.2, -0.15) is 0 Å². The second-order valence-corrected chi connectivity index (χ2v) is 11.2. The van der Waals surface area contributed by atoms with Gasteiger partial charge in [0.2, 0.25) is 0 Å². The molecule has 7 heteroatoms. The minimum Gasteiger partial charge on any atom is -0.462 e. The lowest BCUT2D eigenvalue weighted by atomic mass is 9.81. The molecule has 0 aliphatic heterocycles. The molecule has 2 aromatic rings. The third kappa shape index (κ3) is 10.8. The summed E-state index contributed by atoms with van der Waals surface area (Å²) in [5.41, 5.74) is -0.678. The molecule has 0 radical (unpaired) electrons. The molecule has 204 valence electrons. The van der Waals surface area contributed by atoms with Crippen molar-refractivity contribution in [3.63, 3.8) is 0 Å².